The molecule has 0 spiro atoms. The van der Waals surface area contributed by atoms with Crippen LogP contribution < -0.4 is 15.5 Å². The number of fused-ring (bicyclic) bond motifs is 1. The zero-order chi connectivity index (χ0) is 20.5. The van der Waals surface area contributed by atoms with Crippen molar-refractivity contribution in [1.29, 1.82) is 0 Å². The molecule has 154 valence electrons. The maximum atomic E-state index is 13.2. The summed E-state index contributed by atoms with van der Waals surface area (Å²) in [5.74, 6) is -0.206. The summed E-state index contributed by atoms with van der Waals surface area (Å²) in [6.45, 7) is 4.49. The van der Waals surface area contributed by atoms with Crippen LogP contribution in [0.15, 0.2) is 30.3 Å². The Kier molecular flexibility index (Phi) is 5.74. The number of benzene rings is 1. The minimum absolute atomic E-state index is 0.0269. The van der Waals surface area contributed by atoms with Gasteiger partial charge in [-0.1, -0.05) is 31.4 Å². The molecule has 1 aromatic carbocycles. The lowest BCUT2D eigenvalue weighted by Gasteiger charge is -2.36. The molecule has 1 saturated carbocycles. The number of hydrogen-bond donors (Lipinski definition) is 1. The Hall–Kier alpha value is -2.18. The summed E-state index contributed by atoms with van der Waals surface area (Å²) in [6.07, 6.45) is 5.96. The number of ketones is 1. The van der Waals surface area contributed by atoms with E-state index < -0.39 is 6.04 Å². The van der Waals surface area contributed by atoms with E-state index in [0.29, 0.717) is 18.2 Å². The highest BCUT2D eigenvalue weighted by molar-refractivity contribution is 7.12. The molecule has 2 aliphatic rings. The molecule has 5 nitrogen and oxygen atoms in total. The van der Waals surface area contributed by atoms with Crippen molar-refractivity contribution in [2.24, 2.45) is 5.73 Å². The van der Waals surface area contributed by atoms with Crippen molar-refractivity contribution in [3.05, 3.63) is 45.6 Å². The van der Waals surface area contributed by atoms with Crippen LogP contribution in [0.5, 0.6) is 0 Å². The van der Waals surface area contributed by atoms with Crippen LogP contribution in [-0.4, -0.2) is 36.9 Å². The van der Waals surface area contributed by atoms with Crippen LogP contribution in [0.25, 0.3) is 0 Å². The standard InChI is InChI=1S/C23H29N3O2S/c1-15-12-18(16(2)29-15)22(27)14-26-21-11-7-6-10-20(21)25(13-19(24)23(26)28)17-8-4-3-5-9-17/h6-7,10-12,17,19H,3-5,8-9,13-14,24H2,1-2H3. The summed E-state index contributed by atoms with van der Waals surface area (Å²) in [7, 11) is 0. The average Bonchev–Trinajstić information content (AvgIpc) is 3.03. The number of rotatable bonds is 4. The van der Waals surface area contributed by atoms with Crippen LogP contribution in [0, 0.1) is 13.8 Å². The second-order valence-electron chi connectivity index (χ2n) is 8.21. The van der Waals surface area contributed by atoms with Gasteiger partial charge in [-0.3, -0.25) is 9.59 Å². The number of Topliss-reactive ketones (excluding diaryl/α,β-unsaturated/α-hetero) is 1. The van der Waals surface area contributed by atoms with Crippen molar-refractivity contribution in [3.8, 4) is 0 Å². The van der Waals surface area contributed by atoms with Gasteiger partial charge in [0, 0.05) is 27.9 Å². The molecule has 1 amide bonds. The smallest absolute Gasteiger partial charge is 0.246 e. The third kappa shape index (κ3) is 3.96. The van der Waals surface area contributed by atoms with Crippen LogP contribution in [0.4, 0.5) is 11.4 Å². The van der Waals surface area contributed by atoms with Crippen LogP contribution in [0.1, 0.15) is 52.2 Å². The van der Waals surface area contributed by atoms with Crippen molar-refractivity contribution in [3.63, 3.8) is 0 Å². The predicted molar refractivity (Wildman–Crippen MR) is 119 cm³/mol. The van der Waals surface area contributed by atoms with E-state index >= 15 is 0 Å². The van der Waals surface area contributed by atoms with E-state index in [1.807, 2.05) is 38.1 Å². The predicted octanol–water partition coefficient (Wildman–Crippen LogP) is 4.06. The van der Waals surface area contributed by atoms with Crippen molar-refractivity contribution in [2.75, 3.05) is 22.9 Å². The molecule has 29 heavy (non-hydrogen) atoms. The van der Waals surface area contributed by atoms with Crippen molar-refractivity contribution < 1.29 is 9.59 Å². The highest BCUT2D eigenvalue weighted by Gasteiger charge is 2.35. The number of nitrogens with two attached hydrogens (primary N) is 1. The minimum Gasteiger partial charge on any atom is -0.365 e. The summed E-state index contributed by atoms with van der Waals surface area (Å²) >= 11 is 1.61. The number of thiophene rings is 1. The largest absolute Gasteiger partial charge is 0.365 e. The van der Waals surface area contributed by atoms with Gasteiger partial charge in [0.15, 0.2) is 5.78 Å². The van der Waals surface area contributed by atoms with Crippen LogP contribution in [0.3, 0.4) is 0 Å². The molecule has 2 N–H and O–H groups in total. The Labute approximate surface area is 176 Å². The number of hydrogen-bond acceptors (Lipinski definition) is 5. The van der Waals surface area contributed by atoms with Gasteiger partial charge in [0.25, 0.3) is 0 Å². The maximum Gasteiger partial charge on any atom is 0.246 e. The second-order valence-corrected chi connectivity index (χ2v) is 9.67. The topological polar surface area (TPSA) is 66.6 Å². The molecule has 2 aromatic rings. The molecular weight excluding hydrogens is 382 g/mol. The number of carbonyl (C=O) groups excluding carboxylic acids is 2. The maximum absolute atomic E-state index is 13.2. The summed E-state index contributed by atoms with van der Waals surface area (Å²) < 4.78 is 0. The summed E-state index contributed by atoms with van der Waals surface area (Å²) in [6, 6.07) is 9.63. The zero-order valence-electron chi connectivity index (χ0n) is 17.2. The SMILES string of the molecule is Cc1cc(C(=O)CN2C(=O)C(N)CN(C3CCCCC3)c3ccccc32)c(C)s1. The Morgan fingerprint density at radius 1 is 1.14 bits per heavy atom. The molecule has 1 atom stereocenters. The summed E-state index contributed by atoms with van der Waals surface area (Å²) in [4.78, 5) is 32.3. The fraction of sp³-hybridized carbons (Fsp3) is 0.478. The van der Waals surface area contributed by atoms with E-state index in [-0.39, 0.29) is 18.2 Å². The van der Waals surface area contributed by atoms with Gasteiger partial charge >= 0.3 is 0 Å². The summed E-state index contributed by atoms with van der Waals surface area (Å²) in [5, 5.41) is 0. The quantitative estimate of drug-likeness (QED) is 0.771. The molecule has 6 heteroatoms. The summed E-state index contributed by atoms with van der Waals surface area (Å²) in [5.41, 5.74) is 8.88. The van der Waals surface area contributed by atoms with Gasteiger partial charge < -0.3 is 15.5 Å². The van der Waals surface area contributed by atoms with E-state index in [4.69, 9.17) is 5.73 Å². The lowest BCUT2D eigenvalue weighted by molar-refractivity contribution is -0.119. The van der Waals surface area contributed by atoms with E-state index in [1.165, 1.54) is 19.3 Å². The van der Waals surface area contributed by atoms with Gasteiger partial charge in [-0.05, 0) is 44.9 Å². The highest BCUT2D eigenvalue weighted by atomic mass is 32.1. The number of anilines is 2. The van der Waals surface area contributed by atoms with E-state index in [0.717, 1.165) is 34.0 Å². The Morgan fingerprint density at radius 2 is 1.83 bits per heavy atom. The molecule has 0 radical (unpaired) electrons. The first kappa shape index (κ1) is 20.1. The fourth-order valence-electron chi connectivity index (χ4n) is 4.68. The van der Waals surface area contributed by atoms with E-state index in [1.54, 1.807) is 16.2 Å². The normalized spacial score (nSPS) is 20.5. The molecule has 1 fully saturated rings. The number of para-hydroxylation sites is 2. The van der Waals surface area contributed by atoms with Crippen LogP contribution in [-0.2, 0) is 4.79 Å². The van der Waals surface area contributed by atoms with Crippen LogP contribution in [0.2, 0.25) is 0 Å². The molecule has 2 heterocycles. The zero-order valence-corrected chi connectivity index (χ0v) is 18.0. The van der Waals surface area contributed by atoms with Crippen molar-refractivity contribution in [2.45, 2.75) is 58.0 Å². The average molecular weight is 412 g/mol. The number of nitrogens with zero attached hydrogens (tertiary/aromatic N) is 2. The molecule has 0 saturated heterocycles. The van der Waals surface area contributed by atoms with Gasteiger partial charge in [-0.15, -0.1) is 11.3 Å². The monoisotopic (exact) mass is 411 g/mol. The van der Waals surface area contributed by atoms with E-state index in [2.05, 4.69) is 11.0 Å². The van der Waals surface area contributed by atoms with Gasteiger partial charge in [0.05, 0.1) is 17.9 Å². The first-order valence-electron chi connectivity index (χ1n) is 10.5. The molecule has 1 aliphatic carbocycles. The Bertz CT molecular complexity index is 917. The Morgan fingerprint density at radius 3 is 2.48 bits per heavy atom. The second kappa shape index (κ2) is 8.28. The third-order valence-corrected chi connectivity index (χ3v) is 7.08. The number of amides is 1. The minimum atomic E-state index is -0.637. The van der Waals surface area contributed by atoms with E-state index in [9.17, 15) is 9.59 Å². The van der Waals surface area contributed by atoms with Gasteiger partial charge in [0.2, 0.25) is 5.91 Å². The first-order chi connectivity index (χ1) is 14.0. The van der Waals surface area contributed by atoms with Crippen molar-refractivity contribution in [1.82, 2.24) is 0 Å². The lowest BCUT2D eigenvalue weighted by Crippen LogP contribution is -2.50. The third-order valence-electron chi connectivity index (χ3n) is 6.12. The fourth-order valence-corrected chi connectivity index (χ4v) is 5.62. The molecule has 0 bridgehead atoms. The highest BCUT2D eigenvalue weighted by Crippen LogP contribution is 2.37. The van der Waals surface area contributed by atoms with Crippen molar-refractivity contribution >= 4 is 34.4 Å². The van der Waals surface area contributed by atoms with Crippen LogP contribution >= 0.6 is 11.3 Å². The van der Waals surface area contributed by atoms with Gasteiger partial charge in [-0.25, -0.2) is 0 Å². The number of aryl methyl sites for hydroxylation is 2. The van der Waals surface area contributed by atoms with Gasteiger partial charge in [0.1, 0.15) is 6.04 Å². The molecular formula is C23H29N3O2S. The Balaban J connectivity index is 1.69. The molecule has 4 rings (SSSR count). The molecule has 1 unspecified atom stereocenters. The molecule has 1 aliphatic heterocycles. The first-order valence-corrected chi connectivity index (χ1v) is 11.3. The van der Waals surface area contributed by atoms with Gasteiger partial charge in [-0.2, -0.15) is 0 Å². The molecule has 1 aromatic heterocycles. The number of carbonyl (C=O) groups is 2. The lowest BCUT2D eigenvalue weighted by atomic mass is 9.93.